The Labute approximate surface area is 121 Å². The van der Waals surface area contributed by atoms with E-state index in [4.69, 9.17) is 4.74 Å². The van der Waals surface area contributed by atoms with Gasteiger partial charge in [-0.25, -0.2) is 4.98 Å². The summed E-state index contributed by atoms with van der Waals surface area (Å²) in [4.78, 5) is 20.5. The third kappa shape index (κ3) is 2.67. The number of rotatable bonds is 3. The molecule has 0 aliphatic rings. The zero-order chi connectivity index (χ0) is 14.7. The van der Waals surface area contributed by atoms with E-state index in [1.807, 2.05) is 18.2 Å². The van der Waals surface area contributed by atoms with Crippen LogP contribution in [-0.4, -0.2) is 21.6 Å². The van der Waals surface area contributed by atoms with Crippen molar-refractivity contribution in [1.82, 2.24) is 14.5 Å². The topological polar surface area (TPSA) is 57.0 Å². The van der Waals surface area contributed by atoms with Crippen LogP contribution in [0.3, 0.4) is 0 Å². The first-order valence-electron chi connectivity index (χ1n) is 6.42. The lowest BCUT2D eigenvalue weighted by molar-refractivity contribution is 0.398. The van der Waals surface area contributed by atoms with Gasteiger partial charge in [0, 0.05) is 30.1 Å². The van der Waals surface area contributed by atoms with Gasteiger partial charge in [-0.05, 0) is 24.3 Å². The molecule has 0 N–H and O–H groups in total. The normalized spacial score (nSPS) is 10.3. The van der Waals surface area contributed by atoms with Gasteiger partial charge in [-0.1, -0.05) is 6.07 Å². The highest BCUT2D eigenvalue weighted by atomic mass is 16.5. The molecule has 0 atom stereocenters. The van der Waals surface area contributed by atoms with Crippen LogP contribution in [-0.2, 0) is 0 Å². The Morgan fingerprint density at radius 3 is 2.62 bits per heavy atom. The van der Waals surface area contributed by atoms with Crippen molar-refractivity contribution in [1.29, 1.82) is 0 Å². The highest BCUT2D eigenvalue weighted by Gasteiger charge is 2.05. The lowest BCUT2D eigenvalue weighted by Crippen LogP contribution is -2.16. The third-order valence-electron chi connectivity index (χ3n) is 3.08. The van der Waals surface area contributed by atoms with Crippen molar-refractivity contribution < 1.29 is 4.74 Å². The zero-order valence-electron chi connectivity index (χ0n) is 11.4. The number of hydrogen-bond donors (Lipinski definition) is 0. The maximum absolute atomic E-state index is 12.0. The molecule has 5 nitrogen and oxygen atoms in total. The van der Waals surface area contributed by atoms with Crippen molar-refractivity contribution in [3.05, 3.63) is 71.4 Å². The van der Waals surface area contributed by atoms with Gasteiger partial charge in [0.05, 0.1) is 24.7 Å². The Bertz CT molecular complexity index is 796. The van der Waals surface area contributed by atoms with Crippen LogP contribution in [0.5, 0.6) is 5.88 Å². The number of nitrogens with zero attached hydrogens (tertiary/aromatic N) is 3. The van der Waals surface area contributed by atoms with E-state index >= 15 is 0 Å². The van der Waals surface area contributed by atoms with Crippen LogP contribution in [0.2, 0.25) is 0 Å². The number of hydrogen-bond acceptors (Lipinski definition) is 4. The van der Waals surface area contributed by atoms with E-state index < -0.39 is 0 Å². The fourth-order valence-corrected chi connectivity index (χ4v) is 2.01. The van der Waals surface area contributed by atoms with Gasteiger partial charge in [0.1, 0.15) is 0 Å². The average molecular weight is 279 g/mol. The number of ether oxygens (including phenoxy) is 1. The Hall–Kier alpha value is -2.95. The molecule has 0 amide bonds. The Morgan fingerprint density at radius 2 is 1.95 bits per heavy atom. The highest BCUT2D eigenvalue weighted by molar-refractivity contribution is 5.58. The second-order valence-corrected chi connectivity index (χ2v) is 4.40. The molecule has 3 aromatic rings. The summed E-state index contributed by atoms with van der Waals surface area (Å²) in [5.74, 6) is 0.507. The molecule has 3 heterocycles. The molecular formula is C16H13N3O2. The summed E-state index contributed by atoms with van der Waals surface area (Å²) in [5.41, 5.74) is 2.24. The van der Waals surface area contributed by atoms with Gasteiger partial charge in [-0.15, -0.1) is 0 Å². The van der Waals surface area contributed by atoms with E-state index in [0.29, 0.717) is 11.6 Å². The number of aromatic nitrogens is 3. The molecule has 3 aromatic heterocycles. The Balaban J connectivity index is 2.07. The average Bonchev–Trinajstić information content (AvgIpc) is 2.56. The fourth-order valence-electron chi connectivity index (χ4n) is 2.01. The zero-order valence-corrected chi connectivity index (χ0v) is 11.4. The van der Waals surface area contributed by atoms with Crippen molar-refractivity contribution >= 4 is 0 Å². The van der Waals surface area contributed by atoms with Crippen LogP contribution >= 0.6 is 0 Å². The van der Waals surface area contributed by atoms with E-state index in [2.05, 4.69) is 9.97 Å². The largest absolute Gasteiger partial charge is 0.481 e. The van der Waals surface area contributed by atoms with E-state index in [0.717, 1.165) is 11.3 Å². The van der Waals surface area contributed by atoms with Gasteiger partial charge in [-0.3, -0.25) is 14.3 Å². The smallest absolute Gasteiger partial charge is 0.255 e. The molecular weight excluding hydrogens is 266 g/mol. The summed E-state index contributed by atoms with van der Waals surface area (Å²) in [6.07, 6.45) is 5.08. The molecule has 0 unspecified atom stereocenters. The standard InChI is InChI=1S/C16H13N3O2/c1-21-15-7-6-13(10-18-15)19-11-12(5-8-16(19)20)14-4-2-3-9-17-14/h2-11H,1H3. The van der Waals surface area contributed by atoms with Crippen LogP contribution < -0.4 is 10.3 Å². The minimum atomic E-state index is -0.123. The lowest BCUT2D eigenvalue weighted by atomic mass is 10.2. The molecule has 0 saturated heterocycles. The first kappa shape index (κ1) is 13.1. The van der Waals surface area contributed by atoms with Crippen molar-refractivity contribution in [2.45, 2.75) is 0 Å². The Kier molecular flexibility index (Phi) is 3.47. The molecule has 0 spiro atoms. The molecule has 21 heavy (non-hydrogen) atoms. The minimum absolute atomic E-state index is 0.123. The fraction of sp³-hybridized carbons (Fsp3) is 0.0625. The summed E-state index contributed by atoms with van der Waals surface area (Å²) in [6, 6.07) is 12.5. The summed E-state index contributed by atoms with van der Waals surface area (Å²) in [6.45, 7) is 0. The van der Waals surface area contributed by atoms with Crippen molar-refractivity contribution in [2.75, 3.05) is 7.11 Å². The summed E-state index contributed by atoms with van der Waals surface area (Å²) in [5, 5.41) is 0. The molecule has 0 fully saturated rings. The molecule has 5 heteroatoms. The second-order valence-electron chi connectivity index (χ2n) is 4.40. The van der Waals surface area contributed by atoms with Gasteiger partial charge in [0.15, 0.2) is 0 Å². The van der Waals surface area contributed by atoms with Gasteiger partial charge < -0.3 is 4.74 Å². The first-order chi connectivity index (χ1) is 10.3. The molecule has 0 aromatic carbocycles. The van der Waals surface area contributed by atoms with Crippen LogP contribution in [0.1, 0.15) is 0 Å². The molecule has 0 radical (unpaired) electrons. The highest BCUT2D eigenvalue weighted by Crippen LogP contribution is 2.16. The lowest BCUT2D eigenvalue weighted by Gasteiger charge is -2.08. The summed E-state index contributed by atoms with van der Waals surface area (Å²) < 4.78 is 6.56. The van der Waals surface area contributed by atoms with Crippen molar-refractivity contribution in [3.8, 4) is 22.8 Å². The van der Waals surface area contributed by atoms with Gasteiger partial charge in [-0.2, -0.15) is 0 Å². The van der Waals surface area contributed by atoms with Crippen molar-refractivity contribution in [2.24, 2.45) is 0 Å². The Morgan fingerprint density at radius 1 is 1.05 bits per heavy atom. The first-order valence-corrected chi connectivity index (χ1v) is 6.42. The molecule has 0 aliphatic carbocycles. The summed E-state index contributed by atoms with van der Waals surface area (Å²) >= 11 is 0. The molecule has 0 bridgehead atoms. The van der Waals surface area contributed by atoms with E-state index in [-0.39, 0.29) is 5.56 Å². The molecule has 0 aliphatic heterocycles. The SMILES string of the molecule is COc1ccc(-n2cc(-c3ccccn3)ccc2=O)cn1. The minimum Gasteiger partial charge on any atom is -0.481 e. The maximum atomic E-state index is 12.0. The van der Waals surface area contributed by atoms with Gasteiger partial charge in [0.2, 0.25) is 5.88 Å². The number of pyridine rings is 3. The summed E-state index contributed by atoms with van der Waals surface area (Å²) in [7, 11) is 1.55. The predicted molar refractivity (Wildman–Crippen MR) is 79.6 cm³/mol. The predicted octanol–water partition coefficient (Wildman–Crippen LogP) is 2.30. The van der Waals surface area contributed by atoms with Crippen LogP contribution in [0.25, 0.3) is 16.9 Å². The van der Waals surface area contributed by atoms with Crippen molar-refractivity contribution in [3.63, 3.8) is 0 Å². The number of methoxy groups -OCH3 is 1. The third-order valence-corrected chi connectivity index (χ3v) is 3.08. The molecule has 0 saturated carbocycles. The van der Waals surface area contributed by atoms with Crippen LogP contribution in [0.4, 0.5) is 0 Å². The van der Waals surface area contributed by atoms with Gasteiger partial charge in [0.25, 0.3) is 5.56 Å². The van der Waals surface area contributed by atoms with Crippen LogP contribution in [0.15, 0.2) is 65.8 Å². The second kappa shape index (κ2) is 5.58. The maximum Gasteiger partial charge on any atom is 0.255 e. The van der Waals surface area contributed by atoms with E-state index in [1.165, 1.54) is 10.6 Å². The molecule has 3 rings (SSSR count). The van der Waals surface area contributed by atoms with E-state index in [9.17, 15) is 4.79 Å². The van der Waals surface area contributed by atoms with Gasteiger partial charge >= 0.3 is 0 Å². The van der Waals surface area contributed by atoms with Crippen LogP contribution in [0, 0.1) is 0 Å². The monoisotopic (exact) mass is 279 g/mol. The van der Waals surface area contributed by atoms with E-state index in [1.54, 1.807) is 43.9 Å². The quantitative estimate of drug-likeness (QED) is 0.738. The molecule has 104 valence electrons.